The van der Waals surface area contributed by atoms with Crippen LogP contribution in [-0.2, 0) is 30.5 Å². The summed E-state index contributed by atoms with van der Waals surface area (Å²) in [5.41, 5.74) is 0. The molecule has 2 aliphatic rings. The van der Waals surface area contributed by atoms with E-state index in [0.717, 1.165) is 59.4 Å². The number of rotatable bonds is 8. The van der Waals surface area contributed by atoms with E-state index < -0.39 is 12.0 Å². The monoisotopic (exact) mass is 536 g/mol. The number of hydrogen-bond acceptors (Lipinski definition) is 8. The number of anilines is 2. The van der Waals surface area contributed by atoms with Crippen LogP contribution in [0, 0.1) is 5.92 Å². The molecule has 1 saturated heterocycles. The molecule has 9 nitrogen and oxygen atoms in total. The molecule has 0 radical (unpaired) electrons. The van der Waals surface area contributed by atoms with Gasteiger partial charge in [0, 0.05) is 44.0 Å². The van der Waals surface area contributed by atoms with Crippen LogP contribution in [0.2, 0.25) is 0 Å². The van der Waals surface area contributed by atoms with Crippen molar-refractivity contribution in [3.63, 3.8) is 0 Å². The zero-order valence-electron chi connectivity index (χ0n) is 21.0. The summed E-state index contributed by atoms with van der Waals surface area (Å²) in [5, 5.41) is 11.2. The Morgan fingerprint density at radius 1 is 1.14 bits per heavy atom. The van der Waals surface area contributed by atoms with Gasteiger partial charge in [0.2, 0.25) is 17.7 Å². The van der Waals surface area contributed by atoms with Gasteiger partial charge in [-0.25, -0.2) is 4.98 Å². The fourth-order valence-electron chi connectivity index (χ4n) is 5.00. The number of nitrogens with one attached hydrogen (secondary N) is 1. The molecular weight excluding hydrogens is 505 g/mol. The van der Waals surface area contributed by atoms with Crippen LogP contribution in [0.25, 0.3) is 10.2 Å². The number of aromatic nitrogens is 5. The summed E-state index contributed by atoms with van der Waals surface area (Å²) in [6.07, 6.45) is -0.305. The number of nitrogens with zero attached hydrogens (tertiary/aromatic N) is 7. The Labute approximate surface area is 217 Å². The quantitative estimate of drug-likeness (QED) is 0.465. The smallest absolute Gasteiger partial charge is 0.356 e. The molecule has 3 aromatic heterocycles. The first kappa shape index (κ1) is 25.7. The van der Waals surface area contributed by atoms with Crippen LogP contribution in [0.5, 0.6) is 0 Å². The molecule has 13 heteroatoms. The lowest BCUT2D eigenvalue weighted by molar-refractivity contribution is -0.147. The summed E-state index contributed by atoms with van der Waals surface area (Å²) < 4.78 is 41.1. The average Bonchev–Trinajstić information content (AvgIpc) is 3.59. The zero-order chi connectivity index (χ0) is 26.2. The number of hydrogen-bond donors (Lipinski definition) is 1. The van der Waals surface area contributed by atoms with E-state index in [2.05, 4.69) is 33.4 Å². The van der Waals surface area contributed by atoms with Gasteiger partial charge in [-0.1, -0.05) is 20.3 Å². The Morgan fingerprint density at radius 3 is 2.73 bits per heavy atom. The maximum atomic E-state index is 13.3. The molecule has 1 unspecified atom stereocenters. The van der Waals surface area contributed by atoms with Crippen LogP contribution in [0.1, 0.15) is 56.1 Å². The standard InChI is InChI=1S/C24H31F3N8OS/c1-3-5-16-11-17-20(33-9-10-35-18(14-33)31-32-22(35)24(25,26)27)29-23(30-21(17)37-16)34-8-7-15(13-34)12-28-19(36)6-4-2/h11,15H,3-10,12-14H2,1-2H3,(H,28,36). The van der Waals surface area contributed by atoms with E-state index in [1.54, 1.807) is 11.3 Å². The number of carbonyl (C=O) groups excluding carboxylic acids is 1. The van der Waals surface area contributed by atoms with Crippen LogP contribution in [0.3, 0.4) is 0 Å². The van der Waals surface area contributed by atoms with E-state index in [4.69, 9.17) is 9.97 Å². The highest BCUT2D eigenvalue weighted by Gasteiger charge is 2.40. The van der Waals surface area contributed by atoms with Gasteiger partial charge in [0.15, 0.2) is 5.82 Å². The maximum absolute atomic E-state index is 13.3. The van der Waals surface area contributed by atoms with E-state index in [1.807, 2.05) is 11.8 Å². The Bertz CT molecular complexity index is 1270. The van der Waals surface area contributed by atoms with E-state index in [9.17, 15) is 18.0 Å². The van der Waals surface area contributed by atoms with E-state index in [-0.39, 0.29) is 24.8 Å². The normalized spacial score (nSPS) is 18.0. The minimum atomic E-state index is -4.53. The number of aryl methyl sites for hydroxylation is 1. The predicted molar refractivity (Wildman–Crippen MR) is 136 cm³/mol. The summed E-state index contributed by atoms with van der Waals surface area (Å²) in [6, 6.07) is 2.11. The van der Waals surface area contributed by atoms with Crippen molar-refractivity contribution in [3.8, 4) is 0 Å². The topological polar surface area (TPSA) is 92.1 Å². The van der Waals surface area contributed by atoms with Crippen LogP contribution in [0.4, 0.5) is 24.9 Å². The third kappa shape index (κ3) is 5.36. The summed E-state index contributed by atoms with van der Waals surface area (Å²) in [4.78, 5) is 28.0. The number of amides is 1. The van der Waals surface area contributed by atoms with Gasteiger partial charge in [0.05, 0.1) is 11.9 Å². The van der Waals surface area contributed by atoms with Crippen molar-refractivity contribution in [1.82, 2.24) is 30.0 Å². The molecule has 0 aromatic carbocycles. The number of halogens is 3. The second-order valence-corrected chi connectivity index (χ2v) is 10.8. The van der Waals surface area contributed by atoms with Gasteiger partial charge in [-0.2, -0.15) is 18.2 Å². The van der Waals surface area contributed by atoms with Crippen LogP contribution >= 0.6 is 11.3 Å². The molecule has 1 atom stereocenters. The molecule has 1 N–H and O–H groups in total. The van der Waals surface area contributed by atoms with Gasteiger partial charge >= 0.3 is 6.18 Å². The lowest BCUT2D eigenvalue weighted by Gasteiger charge is -2.30. The summed E-state index contributed by atoms with van der Waals surface area (Å²) >= 11 is 1.64. The second kappa shape index (κ2) is 10.4. The van der Waals surface area contributed by atoms with E-state index in [1.165, 1.54) is 4.88 Å². The fraction of sp³-hybridized carbons (Fsp3) is 0.625. The first-order valence-corrected chi connectivity index (χ1v) is 13.6. The molecule has 0 saturated carbocycles. The number of alkyl halides is 3. The molecule has 5 rings (SSSR count). The molecule has 1 amide bonds. The molecule has 3 aromatic rings. The van der Waals surface area contributed by atoms with Crippen LogP contribution < -0.4 is 15.1 Å². The van der Waals surface area contributed by atoms with Crippen molar-refractivity contribution in [2.45, 2.75) is 65.2 Å². The van der Waals surface area contributed by atoms with Gasteiger partial charge in [-0.05, 0) is 31.2 Å². The Hall–Kier alpha value is -2.96. The van der Waals surface area contributed by atoms with Crippen molar-refractivity contribution in [3.05, 3.63) is 22.6 Å². The van der Waals surface area contributed by atoms with Crippen LogP contribution in [0.15, 0.2) is 6.07 Å². The lowest BCUT2D eigenvalue weighted by atomic mass is 10.1. The Kier molecular flexibility index (Phi) is 7.24. The third-order valence-electron chi connectivity index (χ3n) is 6.85. The average molecular weight is 537 g/mol. The second-order valence-electron chi connectivity index (χ2n) is 9.69. The molecular formula is C24H31F3N8OS. The first-order chi connectivity index (χ1) is 17.8. The van der Waals surface area contributed by atoms with Crippen molar-refractivity contribution in [2.24, 2.45) is 5.92 Å². The molecule has 2 aliphatic heterocycles. The van der Waals surface area contributed by atoms with Gasteiger partial charge < -0.3 is 19.7 Å². The highest BCUT2D eigenvalue weighted by atomic mass is 32.1. The molecule has 0 bridgehead atoms. The van der Waals surface area contributed by atoms with E-state index in [0.29, 0.717) is 31.4 Å². The first-order valence-electron chi connectivity index (χ1n) is 12.8. The molecule has 0 spiro atoms. The van der Waals surface area contributed by atoms with Crippen molar-refractivity contribution in [1.29, 1.82) is 0 Å². The van der Waals surface area contributed by atoms with E-state index >= 15 is 0 Å². The van der Waals surface area contributed by atoms with Crippen LogP contribution in [-0.4, -0.2) is 56.8 Å². The van der Waals surface area contributed by atoms with Gasteiger partial charge in [0.25, 0.3) is 0 Å². The number of thiophene rings is 1. The Morgan fingerprint density at radius 2 is 1.97 bits per heavy atom. The predicted octanol–water partition coefficient (Wildman–Crippen LogP) is 4.02. The SMILES string of the molecule is CCCC(=O)NCC1CCN(c2nc(N3CCn4c(nnc4C(F)(F)F)C3)c3cc(CCC)sc3n2)C1. The minimum absolute atomic E-state index is 0.0783. The zero-order valence-corrected chi connectivity index (χ0v) is 21.8. The van der Waals surface area contributed by atoms with Crippen molar-refractivity contribution < 1.29 is 18.0 Å². The summed E-state index contributed by atoms with van der Waals surface area (Å²) in [6.45, 7) is 6.97. The summed E-state index contributed by atoms with van der Waals surface area (Å²) in [5.74, 6) is 1.07. The number of carbonyl (C=O) groups is 1. The van der Waals surface area contributed by atoms with Gasteiger partial charge in [0.1, 0.15) is 10.6 Å². The third-order valence-corrected chi connectivity index (χ3v) is 7.94. The van der Waals surface area contributed by atoms with Crippen molar-refractivity contribution >= 4 is 39.2 Å². The molecule has 200 valence electrons. The van der Waals surface area contributed by atoms with Crippen molar-refractivity contribution in [2.75, 3.05) is 36.0 Å². The highest BCUT2D eigenvalue weighted by molar-refractivity contribution is 7.18. The largest absolute Gasteiger partial charge is 0.451 e. The maximum Gasteiger partial charge on any atom is 0.451 e. The Balaban J connectivity index is 1.41. The number of fused-ring (bicyclic) bond motifs is 2. The lowest BCUT2D eigenvalue weighted by Crippen LogP contribution is -2.36. The van der Waals surface area contributed by atoms with Gasteiger partial charge in [-0.3, -0.25) is 4.79 Å². The summed E-state index contributed by atoms with van der Waals surface area (Å²) in [7, 11) is 0. The molecule has 37 heavy (non-hydrogen) atoms. The molecule has 0 aliphatic carbocycles. The molecule has 1 fully saturated rings. The molecule has 5 heterocycles. The minimum Gasteiger partial charge on any atom is -0.356 e. The highest BCUT2D eigenvalue weighted by Crippen LogP contribution is 2.36. The van der Waals surface area contributed by atoms with Gasteiger partial charge in [-0.15, -0.1) is 21.5 Å². The fourth-order valence-corrected chi connectivity index (χ4v) is 6.12.